The van der Waals surface area contributed by atoms with E-state index in [0.29, 0.717) is 18.0 Å². The molecule has 5 heteroatoms. The van der Waals surface area contributed by atoms with E-state index >= 15 is 0 Å². The molecule has 2 aromatic rings. The summed E-state index contributed by atoms with van der Waals surface area (Å²) >= 11 is 0. The van der Waals surface area contributed by atoms with E-state index < -0.39 is 0 Å². The number of anilines is 2. The van der Waals surface area contributed by atoms with Crippen LogP contribution in [0.5, 0.6) is 0 Å². The van der Waals surface area contributed by atoms with Crippen molar-refractivity contribution in [3.63, 3.8) is 0 Å². The third-order valence-corrected chi connectivity index (χ3v) is 4.46. The Kier molecular flexibility index (Phi) is 4.81. The molecule has 126 valence electrons. The predicted molar refractivity (Wildman–Crippen MR) is 96.4 cm³/mol. The Hall–Kier alpha value is -2.40. The van der Waals surface area contributed by atoms with Gasteiger partial charge in [0.15, 0.2) is 0 Å². The first-order valence-corrected chi connectivity index (χ1v) is 8.34. The van der Waals surface area contributed by atoms with Gasteiger partial charge in [-0.2, -0.15) is 0 Å². The second-order valence-corrected chi connectivity index (χ2v) is 6.61. The minimum Gasteiger partial charge on any atom is -0.337 e. The summed E-state index contributed by atoms with van der Waals surface area (Å²) in [5.41, 5.74) is 7.71. The molecule has 5 nitrogen and oxygen atoms in total. The molecule has 1 saturated heterocycles. The summed E-state index contributed by atoms with van der Waals surface area (Å²) in [5, 5.41) is 0. The molecule has 2 unspecified atom stereocenters. The van der Waals surface area contributed by atoms with Crippen molar-refractivity contribution in [3.8, 4) is 0 Å². The number of benzene rings is 1. The number of amides is 1. The van der Waals surface area contributed by atoms with Gasteiger partial charge in [-0.15, -0.1) is 0 Å². The van der Waals surface area contributed by atoms with Crippen LogP contribution in [0.1, 0.15) is 23.7 Å². The van der Waals surface area contributed by atoms with Gasteiger partial charge in [-0.1, -0.05) is 25.1 Å². The van der Waals surface area contributed by atoms with E-state index in [4.69, 9.17) is 5.73 Å². The number of carbonyl (C=O) groups excluding carboxylic acids is 1. The molecule has 1 aliphatic rings. The minimum atomic E-state index is 0.0124. The van der Waals surface area contributed by atoms with Gasteiger partial charge in [0.05, 0.1) is 5.56 Å². The molecule has 0 saturated carbocycles. The van der Waals surface area contributed by atoms with Gasteiger partial charge in [-0.3, -0.25) is 4.79 Å². The van der Waals surface area contributed by atoms with E-state index in [9.17, 15) is 4.79 Å². The Morgan fingerprint density at radius 3 is 2.58 bits per heavy atom. The van der Waals surface area contributed by atoms with Crippen LogP contribution in [0.2, 0.25) is 0 Å². The van der Waals surface area contributed by atoms with Crippen LogP contribution in [0.25, 0.3) is 0 Å². The highest BCUT2D eigenvalue weighted by molar-refractivity contribution is 5.94. The highest BCUT2D eigenvalue weighted by Gasteiger charge is 2.26. The number of carbonyl (C=O) groups is 1. The molecule has 2 atom stereocenters. The standard InChI is InChI=1S/C19H24N4O/c1-14-10-16(20)13-23(12-14)19(24)15-8-9-18(21-11-15)22(2)17-6-4-3-5-7-17/h3-9,11,14,16H,10,12-13,20H2,1-2H3. The van der Waals surface area contributed by atoms with Crippen LogP contribution in [0.4, 0.5) is 11.5 Å². The van der Waals surface area contributed by atoms with E-state index in [2.05, 4.69) is 11.9 Å². The molecule has 1 amide bonds. The van der Waals surface area contributed by atoms with Crippen LogP contribution in [0.15, 0.2) is 48.7 Å². The fourth-order valence-electron chi connectivity index (χ4n) is 3.24. The summed E-state index contributed by atoms with van der Waals surface area (Å²) < 4.78 is 0. The van der Waals surface area contributed by atoms with Crippen LogP contribution < -0.4 is 10.6 Å². The fraction of sp³-hybridized carbons (Fsp3) is 0.368. The summed E-state index contributed by atoms with van der Waals surface area (Å²) in [6.45, 7) is 3.52. The van der Waals surface area contributed by atoms with E-state index in [1.807, 2.05) is 59.3 Å². The van der Waals surface area contributed by atoms with Gasteiger partial charge >= 0.3 is 0 Å². The maximum absolute atomic E-state index is 12.7. The average molecular weight is 324 g/mol. The Labute approximate surface area is 143 Å². The molecular formula is C19H24N4O. The number of aromatic nitrogens is 1. The fourth-order valence-corrected chi connectivity index (χ4v) is 3.24. The summed E-state index contributed by atoms with van der Waals surface area (Å²) in [6, 6.07) is 13.8. The minimum absolute atomic E-state index is 0.0124. The van der Waals surface area contributed by atoms with Crippen LogP contribution >= 0.6 is 0 Å². The van der Waals surface area contributed by atoms with E-state index in [1.165, 1.54) is 0 Å². The number of nitrogens with zero attached hydrogens (tertiary/aromatic N) is 3. The van der Waals surface area contributed by atoms with Gasteiger partial charge in [0.25, 0.3) is 5.91 Å². The molecule has 2 N–H and O–H groups in total. The highest BCUT2D eigenvalue weighted by atomic mass is 16.2. The first-order valence-electron chi connectivity index (χ1n) is 8.34. The lowest BCUT2D eigenvalue weighted by atomic mass is 9.96. The number of para-hydroxylation sites is 1. The zero-order valence-corrected chi connectivity index (χ0v) is 14.2. The highest BCUT2D eigenvalue weighted by Crippen LogP contribution is 2.22. The van der Waals surface area contributed by atoms with Crippen LogP contribution in [0, 0.1) is 5.92 Å². The Bertz CT molecular complexity index is 676. The number of hydrogen-bond donors (Lipinski definition) is 1. The summed E-state index contributed by atoms with van der Waals surface area (Å²) in [5.74, 6) is 1.26. The van der Waals surface area contributed by atoms with Gasteiger partial charge in [0.2, 0.25) is 0 Å². The maximum Gasteiger partial charge on any atom is 0.255 e. The molecule has 0 spiro atoms. The topological polar surface area (TPSA) is 62.5 Å². The Morgan fingerprint density at radius 2 is 1.96 bits per heavy atom. The van der Waals surface area contributed by atoms with Crippen molar-refractivity contribution in [2.45, 2.75) is 19.4 Å². The van der Waals surface area contributed by atoms with Gasteiger partial charge in [0, 0.05) is 38.1 Å². The average Bonchev–Trinajstić information content (AvgIpc) is 2.60. The molecule has 1 fully saturated rings. The first kappa shape index (κ1) is 16.5. The normalized spacial score (nSPS) is 20.7. The van der Waals surface area contributed by atoms with Crippen molar-refractivity contribution in [2.75, 3.05) is 25.0 Å². The number of likely N-dealkylation sites (tertiary alicyclic amines) is 1. The smallest absolute Gasteiger partial charge is 0.255 e. The molecule has 2 heterocycles. The van der Waals surface area contributed by atoms with Crippen LogP contribution in [-0.4, -0.2) is 42.0 Å². The first-order chi connectivity index (χ1) is 11.5. The summed E-state index contributed by atoms with van der Waals surface area (Å²) in [7, 11) is 1.96. The number of hydrogen-bond acceptors (Lipinski definition) is 4. The summed E-state index contributed by atoms with van der Waals surface area (Å²) in [4.78, 5) is 21.0. The Balaban J connectivity index is 1.73. The van der Waals surface area contributed by atoms with Crippen LogP contribution in [0.3, 0.4) is 0 Å². The second-order valence-electron chi connectivity index (χ2n) is 6.61. The van der Waals surface area contributed by atoms with Crippen LogP contribution in [-0.2, 0) is 0 Å². The SMILES string of the molecule is CC1CC(N)CN(C(=O)c2ccc(N(C)c3ccccc3)nc2)C1. The molecule has 0 radical (unpaired) electrons. The molecular weight excluding hydrogens is 300 g/mol. The summed E-state index contributed by atoms with van der Waals surface area (Å²) in [6.07, 6.45) is 2.63. The molecule has 0 bridgehead atoms. The lowest BCUT2D eigenvalue weighted by molar-refractivity contribution is 0.0660. The lowest BCUT2D eigenvalue weighted by Gasteiger charge is -2.34. The zero-order valence-electron chi connectivity index (χ0n) is 14.2. The van der Waals surface area contributed by atoms with Crippen molar-refractivity contribution in [3.05, 3.63) is 54.2 Å². The molecule has 0 aliphatic carbocycles. The van der Waals surface area contributed by atoms with Crippen molar-refractivity contribution >= 4 is 17.4 Å². The van der Waals surface area contributed by atoms with E-state index in [1.54, 1.807) is 6.20 Å². The number of piperidine rings is 1. The lowest BCUT2D eigenvalue weighted by Crippen LogP contribution is -2.48. The van der Waals surface area contributed by atoms with Crippen molar-refractivity contribution in [1.82, 2.24) is 9.88 Å². The maximum atomic E-state index is 12.7. The molecule has 1 aromatic carbocycles. The number of pyridine rings is 1. The number of rotatable bonds is 3. The quantitative estimate of drug-likeness (QED) is 0.943. The molecule has 1 aliphatic heterocycles. The monoisotopic (exact) mass is 324 g/mol. The third kappa shape index (κ3) is 3.57. The van der Waals surface area contributed by atoms with Crippen molar-refractivity contribution in [2.24, 2.45) is 11.7 Å². The van der Waals surface area contributed by atoms with Crippen molar-refractivity contribution < 1.29 is 4.79 Å². The van der Waals surface area contributed by atoms with Gasteiger partial charge in [-0.25, -0.2) is 4.98 Å². The molecule has 1 aromatic heterocycles. The molecule has 24 heavy (non-hydrogen) atoms. The molecule has 3 rings (SSSR count). The second kappa shape index (κ2) is 7.01. The van der Waals surface area contributed by atoms with E-state index in [0.717, 1.165) is 24.5 Å². The zero-order chi connectivity index (χ0) is 17.1. The largest absolute Gasteiger partial charge is 0.337 e. The van der Waals surface area contributed by atoms with Gasteiger partial charge in [-0.05, 0) is 36.6 Å². The van der Waals surface area contributed by atoms with Gasteiger partial charge < -0.3 is 15.5 Å². The third-order valence-electron chi connectivity index (χ3n) is 4.46. The number of nitrogens with two attached hydrogens (primary N) is 1. The van der Waals surface area contributed by atoms with Gasteiger partial charge in [0.1, 0.15) is 5.82 Å². The van der Waals surface area contributed by atoms with Crippen molar-refractivity contribution in [1.29, 1.82) is 0 Å². The predicted octanol–water partition coefficient (Wildman–Crippen LogP) is 2.66. The van der Waals surface area contributed by atoms with E-state index in [-0.39, 0.29) is 11.9 Å². The Morgan fingerprint density at radius 1 is 1.21 bits per heavy atom.